The van der Waals surface area contributed by atoms with E-state index in [1.54, 1.807) is 42.5 Å². The van der Waals surface area contributed by atoms with Crippen LogP contribution < -0.4 is 10.2 Å². The summed E-state index contributed by atoms with van der Waals surface area (Å²) in [6, 6.07) is 13.6. The van der Waals surface area contributed by atoms with Crippen molar-refractivity contribution < 1.29 is 9.59 Å². The number of nitrogens with one attached hydrogen (secondary N) is 1. The molecule has 1 aliphatic heterocycles. The number of anilines is 2. The minimum atomic E-state index is -0.574. The predicted molar refractivity (Wildman–Crippen MR) is 90.1 cm³/mol. The van der Waals surface area contributed by atoms with E-state index in [0.717, 1.165) is 10.2 Å². The first-order valence-electron chi connectivity index (χ1n) is 6.69. The highest BCUT2D eigenvalue weighted by atomic mass is 79.9. The quantitative estimate of drug-likeness (QED) is 0.824. The average Bonchev–Trinajstić information content (AvgIpc) is 2.75. The molecule has 2 amide bonds. The topological polar surface area (TPSA) is 49.4 Å². The molecule has 6 heteroatoms. The normalized spacial score (nSPS) is 17.9. The predicted octanol–water partition coefficient (Wildman–Crippen LogP) is 3.85. The number of imide groups is 1. The van der Waals surface area contributed by atoms with E-state index in [1.807, 2.05) is 6.07 Å². The molecule has 2 aromatic rings. The molecule has 0 spiro atoms. The van der Waals surface area contributed by atoms with Crippen LogP contribution in [-0.4, -0.2) is 17.9 Å². The fourth-order valence-electron chi connectivity index (χ4n) is 2.39. The Morgan fingerprint density at radius 3 is 2.55 bits per heavy atom. The van der Waals surface area contributed by atoms with Gasteiger partial charge in [-0.3, -0.25) is 9.59 Å². The van der Waals surface area contributed by atoms with Crippen LogP contribution in [0.2, 0.25) is 5.02 Å². The summed E-state index contributed by atoms with van der Waals surface area (Å²) >= 11 is 9.26. The second-order valence-electron chi connectivity index (χ2n) is 4.96. The van der Waals surface area contributed by atoms with E-state index in [-0.39, 0.29) is 18.2 Å². The van der Waals surface area contributed by atoms with E-state index in [4.69, 9.17) is 11.6 Å². The average molecular weight is 380 g/mol. The van der Waals surface area contributed by atoms with Gasteiger partial charge in [-0.25, -0.2) is 4.90 Å². The number of carbonyl (C=O) groups is 2. The van der Waals surface area contributed by atoms with Crippen LogP contribution in [0.25, 0.3) is 0 Å². The SMILES string of the molecule is O=C1C[C@@H](Nc2cccc(Cl)c2)C(=O)N1c1ccc(Br)cc1. The van der Waals surface area contributed by atoms with E-state index >= 15 is 0 Å². The Balaban J connectivity index is 1.81. The van der Waals surface area contributed by atoms with E-state index in [1.165, 1.54) is 4.90 Å². The minimum absolute atomic E-state index is 0.126. The maximum Gasteiger partial charge on any atom is 0.256 e. The van der Waals surface area contributed by atoms with Gasteiger partial charge in [0.1, 0.15) is 6.04 Å². The lowest BCUT2D eigenvalue weighted by atomic mass is 10.2. The van der Waals surface area contributed by atoms with Gasteiger partial charge >= 0.3 is 0 Å². The van der Waals surface area contributed by atoms with Crippen LogP contribution in [0, 0.1) is 0 Å². The number of carbonyl (C=O) groups excluding carboxylic acids is 2. The molecule has 1 fully saturated rings. The molecule has 1 aliphatic rings. The van der Waals surface area contributed by atoms with Gasteiger partial charge in [0.15, 0.2) is 0 Å². The molecule has 0 bridgehead atoms. The molecule has 1 atom stereocenters. The number of hydrogen-bond donors (Lipinski definition) is 1. The van der Waals surface area contributed by atoms with Crippen LogP contribution in [0.1, 0.15) is 6.42 Å². The van der Waals surface area contributed by atoms with Crippen molar-refractivity contribution in [3.63, 3.8) is 0 Å². The zero-order chi connectivity index (χ0) is 15.7. The van der Waals surface area contributed by atoms with Crippen LogP contribution in [0.15, 0.2) is 53.0 Å². The molecular weight excluding hydrogens is 368 g/mol. The van der Waals surface area contributed by atoms with Crippen LogP contribution in [0.5, 0.6) is 0 Å². The van der Waals surface area contributed by atoms with Gasteiger partial charge in [0, 0.05) is 15.2 Å². The number of rotatable bonds is 3. The van der Waals surface area contributed by atoms with Gasteiger partial charge in [0.25, 0.3) is 5.91 Å². The Kier molecular flexibility index (Phi) is 4.18. The van der Waals surface area contributed by atoms with E-state index < -0.39 is 6.04 Å². The molecule has 22 heavy (non-hydrogen) atoms. The van der Waals surface area contributed by atoms with Crippen molar-refractivity contribution in [3.8, 4) is 0 Å². The fraction of sp³-hybridized carbons (Fsp3) is 0.125. The van der Waals surface area contributed by atoms with E-state index in [2.05, 4.69) is 21.2 Å². The smallest absolute Gasteiger partial charge is 0.256 e. The van der Waals surface area contributed by atoms with Crippen molar-refractivity contribution in [1.82, 2.24) is 0 Å². The Hall–Kier alpha value is -1.85. The second-order valence-corrected chi connectivity index (χ2v) is 6.31. The number of amides is 2. The molecule has 4 nitrogen and oxygen atoms in total. The molecular formula is C16H12BrClN2O2. The largest absolute Gasteiger partial charge is 0.373 e. The van der Waals surface area contributed by atoms with Gasteiger partial charge < -0.3 is 5.32 Å². The lowest BCUT2D eigenvalue weighted by Crippen LogP contribution is -2.34. The Morgan fingerprint density at radius 2 is 1.86 bits per heavy atom. The summed E-state index contributed by atoms with van der Waals surface area (Å²) in [6.07, 6.45) is 0.126. The molecule has 3 rings (SSSR count). The molecule has 1 N–H and O–H groups in total. The molecule has 0 aliphatic carbocycles. The van der Waals surface area contributed by atoms with Gasteiger partial charge in [-0.05, 0) is 42.5 Å². The monoisotopic (exact) mass is 378 g/mol. The molecule has 1 heterocycles. The summed E-state index contributed by atoms with van der Waals surface area (Å²) in [6.45, 7) is 0. The maximum absolute atomic E-state index is 12.5. The third kappa shape index (κ3) is 3.00. The highest BCUT2D eigenvalue weighted by Crippen LogP contribution is 2.26. The van der Waals surface area contributed by atoms with Gasteiger partial charge in [-0.1, -0.05) is 33.6 Å². The summed E-state index contributed by atoms with van der Waals surface area (Å²) in [4.78, 5) is 25.9. The number of nitrogens with zero attached hydrogens (tertiary/aromatic N) is 1. The first-order chi connectivity index (χ1) is 10.5. The summed E-state index contributed by atoms with van der Waals surface area (Å²) in [7, 11) is 0. The van der Waals surface area contributed by atoms with Crippen LogP contribution in [0.4, 0.5) is 11.4 Å². The molecule has 0 radical (unpaired) electrons. The van der Waals surface area contributed by atoms with Crippen molar-refractivity contribution in [2.75, 3.05) is 10.2 Å². The lowest BCUT2D eigenvalue weighted by Gasteiger charge is -2.16. The van der Waals surface area contributed by atoms with Gasteiger partial charge in [0.05, 0.1) is 12.1 Å². The van der Waals surface area contributed by atoms with E-state index in [0.29, 0.717) is 10.7 Å². The van der Waals surface area contributed by atoms with Crippen LogP contribution in [-0.2, 0) is 9.59 Å². The minimum Gasteiger partial charge on any atom is -0.373 e. The van der Waals surface area contributed by atoms with Crippen molar-refractivity contribution in [2.24, 2.45) is 0 Å². The van der Waals surface area contributed by atoms with Crippen molar-refractivity contribution in [1.29, 1.82) is 0 Å². The van der Waals surface area contributed by atoms with E-state index in [9.17, 15) is 9.59 Å². The van der Waals surface area contributed by atoms with Crippen LogP contribution >= 0.6 is 27.5 Å². The molecule has 0 unspecified atom stereocenters. The summed E-state index contributed by atoms with van der Waals surface area (Å²) in [5, 5.41) is 3.64. The zero-order valence-corrected chi connectivity index (χ0v) is 13.8. The first kappa shape index (κ1) is 15.1. The standard InChI is InChI=1S/C16H12BrClN2O2/c17-10-4-6-13(7-5-10)20-15(21)9-14(16(20)22)19-12-3-1-2-11(18)8-12/h1-8,14,19H,9H2/t14-/m1/s1. The van der Waals surface area contributed by atoms with Gasteiger partial charge in [0.2, 0.25) is 5.91 Å². The van der Waals surface area contributed by atoms with Crippen molar-refractivity contribution in [3.05, 3.63) is 58.0 Å². The molecule has 0 aromatic heterocycles. The second kappa shape index (κ2) is 6.10. The third-order valence-electron chi connectivity index (χ3n) is 3.40. The number of halogens is 2. The highest BCUT2D eigenvalue weighted by Gasteiger charge is 2.39. The zero-order valence-electron chi connectivity index (χ0n) is 11.4. The van der Waals surface area contributed by atoms with Gasteiger partial charge in [-0.2, -0.15) is 0 Å². The molecule has 0 saturated carbocycles. The lowest BCUT2D eigenvalue weighted by molar-refractivity contribution is -0.121. The Morgan fingerprint density at radius 1 is 1.14 bits per heavy atom. The Labute approximate surface area is 141 Å². The van der Waals surface area contributed by atoms with Crippen molar-refractivity contribution in [2.45, 2.75) is 12.5 Å². The highest BCUT2D eigenvalue weighted by molar-refractivity contribution is 9.10. The van der Waals surface area contributed by atoms with Crippen molar-refractivity contribution >= 4 is 50.7 Å². The number of hydrogen-bond acceptors (Lipinski definition) is 3. The molecule has 112 valence electrons. The summed E-state index contributed by atoms with van der Waals surface area (Å²) in [5.41, 5.74) is 1.30. The summed E-state index contributed by atoms with van der Waals surface area (Å²) < 4.78 is 0.893. The summed E-state index contributed by atoms with van der Waals surface area (Å²) in [5.74, 6) is -0.473. The molecule has 2 aromatic carbocycles. The fourth-order valence-corrected chi connectivity index (χ4v) is 2.84. The third-order valence-corrected chi connectivity index (χ3v) is 4.16. The maximum atomic E-state index is 12.5. The Bertz CT molecular complexity index is 733. The number of benzene rings is 2. The van der Waals surface area contributed by atoms with Crippen LogP contribution in [0.3, 0.4) is 0 Å². The van der Waals surface area contributed by atoms with Gasteiger partial charge in [-0.15, -0.1) is 0 Å². The first-order valence-corrected chi connectivity index (χ1v) is 7.86. The molecule has 1 saturated heterocycles.